The number of piperidine rings is 1. The zero-order valence-corrected chi connectivity index (χ0v) is 23.8. The van der Waals surface area contributed by atoms with Gasteiger partial charge < -0.3 is 14.9 Å². The van der Waals surface area contributed by atoms with Gasteiger partial charge in [-0.25, -0.2) is 24.3 Å². The van der Waals surface area contributed by atoms with Crippen molar-refractivity contribution < 1.29 is 14.3 Å². The van der Waals surface area contributed by atoms with Crippen LogP contribution in [-0.4, -0.2) is 55.5 Å². The smallest absolute Gasteiger partial charge is 0.306 e. The number of hydrogen-bond acceptors (Lipinski definition) is 9. The SMILES string of the molecule is CCc1nc2ccc(-c3cnc(N4CCC(C(=O)O)CC4)nc3)cn2c1N(C)c1nc(-c2ccc(F)cc2)c(C#N)s1. The maximum absolute atomic E-state index is 13.5. The predicted molar refractivity (Wildman–Crippen MR) is 158 cm³/mol. The molecule has 10 nitrogen and oxygen atoms in total. The number of aryl methyl sites for hydroxylation is 1. The molecule has 1 aliphatic rings. The van der Waals surface area contributed by atoms with Gasteiger partial charge in [0.2, 0.25) is 5.95 Å². The van der Waals surface area contributed by atoms with Gasteiger partial charge in [-0.3, -0.25) is 9.20 Å². The Hall–Kier alpha value is -4.89. The van der Waals surface area contributed by atoms with E-state index >= 15 is 0 Å². The van der Waals surface area contributed by atoms with E-state index in [0.717, 1.165) is 28.3 Å². The van der Waals surface area contributed by atoms with Crippen molar-refractivity contribution in [1.82, 2.24) is 24.3 Å². The number of nitriles is 1. The number of carboxylic acid groups (broad SMARTS) is 1. The number of rotatable bonds is 7. The zero-order valence-electron chi connectivity index (χ0n) is 23.0. The Morgan fingerprint density at radius 2 is 1.79 bits per heavy atom. The summed E-state index contributed by atoms with van der Waals surface area (Å²) in [7, 11) is 1.90. The number of hydrogen-bond donors (Lipinski definition) is 1. The molecule has 0 radical (unpaired) electrons. The second-order valence-electron chi connectivity index (χ2n) is 10.1. The fraction of sp³-hybridized carbons (Fsp3) is 0.267. The molecule has 212 valence electrons. The molecule has 42 heavy (non-hydrogen) atoms. The van der Waals surface area contributed by atoms with Crippen LogP contribution in [0.5, 0.6) is 0 Å². The van der Waals surface area contributed by atoms with E-state index < -0.39 is 5.97 Å². The molecule has 5 heterocycles. The van der Waals surface area contributed by atoms with Gasteiger partial charge in [-0.05, 0) is 55.7 Å². The lowest BCUT2D eigenvalue weighted by Gasteiger charge is -2.30. The Balaban J connectivity index is 1.31. The summed E-state index contributed by atoms with van der Waals surface area (Å²) in [6, 6.07) is 12.1. The van der Waals surface area contributed by atoms with Crippen LogP contribution in [0.4, 0.5) is 21.3 Å². The van der Waals surface area contributed by atoms with E-state index in [2.05, 4.69) is 16.0 Å². The third kappa shape index (κ3) is 5.03. The van der Waals surface area contributed by atoms with E-state index in [1.807, 2.05) is 46.5 Å². The molecule has 0 atom stereocenters. The van der Waals surface area contributed by atoms with Crippen LogP contribution in [0.25, 0.3) is 28.0 Å². The number of fused-ring (bicyclic) bond motifs is 1. The van der Waals surface area contributed by atoms with Gasteiger partial charge in [0.25, 0.3) is 0 Å². The van der Waals surface area contributed by atoms with Crippen LogP contribution in [0, 0.1) is 23.1 Å². The van der Waals surface area contributed by atoms with Gasteiger partial charge in [-0.15, -0.1) is 0 Å². The minimum absolute atomic E-state index is 0.312. The minimum Gasteiger partial charge on any atom is -0.481 e. The van der Waals surface area contributed by atoms with Crippen molar-refractivity contribution in [3.8, 4) is 28.5 Å². The van der Waals surface area contributed by atoms with Crippen LogP contribution in [-0.2, 0) is 11.2 Å². The number of carbonyl (C=O) groups is 1. The summed E-state index contributed by atoms with van der Waals surface area (Å²) in [5.74, 6) is 0.0179. The van der Waals surface area contributed by atoms with Crippen LogP contribution in [0.3, 0.4) is 0 Å². The lowest BCUT2D eigenvalue weighted by Crippen LogP contribution is -2.37. The van der Waals surface area contributed by atoms with Gasteiger partial charge in [0.05, 0.1) is 11.6 Å². The number of imidazole rings is 1. The summed E-state index contributed by atoms with van der Waals surface area (Å²) in [5.41, 5.74) is 4.57. The molecule has 5 aromatic rings. The Bertz CT molecular complexity index is 1800. The lowest BCUT2D eigenvalue weighted by molar-refractivity contribution is -0.142. The normalized spacial score (nSPS) is 13.8. The Morgan fingerprint density at radius 1 is 1.10 bits per heavy atom. The molecular formula is C30H27FN8O2S. The second-order valence-corrected chi connectivity index (χ2v) is 11.1. The molecule has 0 bridgehead atoms. The molecule has 0 amide bonds. The summed E-state index contributed by atoms with van der Waals surface area (Å²) < 4.78 is 15.5. The first-order valence-electron chi connectivity index (χ1n) is 13.6. The van der Waals surface area contributed by atoms with E-state index in [4.69, 9.17) is 9.97 Å². The molecule has 0 aliphatic carbocycles. The van der Waals surface area contributed by atoms with Crippen molar-refractivity contribution >= 4 is 39.9 Å². The molecule has 0 unspecified atom stereocenters. The number of nitrogens with zero attached hydrogens (tertiary/aromatic N) is 8. The third-order valence-electron chi connectivity index (χ3n) is 7.54. The van der Waals surface area contributed by atoms with Gasteiger partial charge >= 0.3 is 5.97 Å². The first kappa shape index (κ1) is 27.3. The van der Waals surface area contributed by atoms with Gasteiger partial charge in [-0.2, -0.15) is 5.26 Å². The van der Waals surface area contributed by atoms with Crippen molar-refractivity contribution in [3.05, 3.63) is 71.4 Å². The number of anilines is 3. The Morgan fingerprint density at radius 3 is 2.43 bits per heavy atom. The first-order valence-corrected chi connectivity index (χ1v) is 14.4. The maximum atomic E-state index is 13.5. The first-order chi connectivity index (χ1) is 20.4. The highest BCUT2D eigenvalue weighted by Crippen LogP contribution is 2.37. The Labute approximate surface area is 245 Å². The molecule has 1 N–H and O–H groups in total. The highest BCUT2D eigenvalue weighted by molar-refractivity contribution is 7.16. The standard InChI is InChI=1S/C30H27FN8O2S/c1-3-23-27(37(2)30-36-26(24(14-32)42-30)18-4-7-22(31)8-5-18)39-17-20(6-9-25(39)35-23)21-15-33-29(34-16-21)38-12-10-19(11-13-38)28(40)41/h4-9,15-17,19H,3,10-13H2,1-2H3,(H,40,41). The van der Waals surface area contributed by atoms with Crippen molar-refractivity contribution in [1.29, 1.82) is 5.26 Å². The number of pyridine rings is 1. The molecular weight excluding hydrogens is 555 g/mol. The van der Waals surface area contributed by atoms with Crippen LogP contribution < -0.4 is 9.80 Å². The summed E-state index contributed by atoms with van der Waals surface area (Å²) in [6.07, 6.45) is 7.39. The molecule has 0 spiro atoms. The van der Waals surface area contributed by atoms with Crippen LogP contribution in [0.1, 0.15) is 30.3 Å². The zero-order chi connectivity index (χ0) is 29.4. The summed E-state index contributed by atoms with van der Waals surface area (Å²) in [6.45, 7) is 3.26. The molecule has 12 heteroatoms. The quantitative estimate of drug-likeness (QED) is 0.263. The number of halogens is 1. The van der Waals surface area contributed by atoms with Crippen molar-refractivity contribution in [2.45, 2.75) is 26.2 Å². The van der Waals surface area contributed by atoms with Crippen LogP contribution in [0.2, 0.25) is 0 Å². The van der Waals surface area contributed by atoms with Crippen LogP contribution in [0.15, 0.2) is 55.0 Å². The molecule has 1 fully saturated rings. The van der Waals surface area contributed by atoms with E-state index in [1.165, 1.54) is 23.5 Å². The van der Waals surface area contributed by atoms with Gasteiger partial charge in [0.15, 0.2) is 5.13 Å². The molecule has 6 rings (SSSR count). The monoisotopic (exact) mass is 582 g/mol. The van der Waals surface area contributed by atoms with Gasteiger partial charge in [0.1, 0.15) is 33.9 Å². The van der Waals surface area contributed by atoms with Gasteiger partial charge in [0, 0.05) is 55.4 Å². The number of aromatic nitrogens is 5. The van der Waals surface area contributed by atoms with E-state index in [0.29, 0.717) is 59.6 Å². The summed E-state index contributed by atoms with van der Waals surface area (Å²) in [5, 5.41) is 19.7. The molecule has 0 saturated carbocycles. The minimum atomic E-state index is -0.745. The van der Waals surface area contributed by atoms with Crippen molar-refractivity contribution in [3.63, 3.8) is 0 Å². The highest BCUT2D eigenvalue weighted by Gasteiger charge is 2.26. The predicted octanol–water partition coefficient (Wildman–Crippen LogP) is 5.56. The van der Waals surface area contributed by atoms with E-state index in [9.17, 15) is 19.6 Å². The fourth-order valence-corrected chi connectivity index (χ4v) is 6.07. The van der Waals surface area contributed by atoms with Crippen molar-refractivity contribution in [2.75, 3.05) is 29.9 Å². The lowest BCUT2D eigenvalue weighted by atomic mass is 9.97. The number of aliphatic carboxylic acids is 1. The molecule has 1 aromatic carbocycles. The van der Waals surface area contributed by atoms with Gasteiger partial charge in [-0.1, -0.05) is 18.3 Å². The average molecular weight is 583 g/mol. The summed E-state index contributed by atoms with van der Waals surface area (Å²) >= 11 is 1.27. The number of benzene rings is 1. The topological polar surface area (TPSA) is 124 Å². The van der Waals surface area contributed by atoms with Crippen molar-refractivity contribution in [2.24, 2.45) is 5.92 Å². The third-order valence-corrected chi connectivity index (χ3v) is 8.57. The van der Waals surface area contributed by atoms with E-state index in [-0.39, 0.29) is 11.7 Å². The average Bonchev–Trinajstić information content (AvgIpc) is 3.63. The summed E-state index contributed by atoms with van der Waals surface area (Å²) in [4.78, 5) is 34.4. The molecule has 1 aliphatic heterocycles. The highest BCUT2D eigenvalue weighted by atomic mass is 32.1. The fourth-order valence-electron chi connectivity index (χ4n) is 5.23. The number of thiazole rings is 1. The molecule has 4 aromatic heterocycles. The number of carboxylic acids is 1. The Kier molecular flexibility index (Phi) is 7.26. The van der Waals surface area contributed by atoms with Crippen LogP contribution >= 0.6 is 11.3 Å². The maximum Gasteiger partial charge on any atom is 0.306 e. The van der Waals surface area contributed by atoms with E-state index in [1.54, 1.807) is 24.5 Å². The largest absolute Gasteiger partial charge is 0.481 e. The molecule has 1 saturated heterocycles. The second kappa shape index (κ2) is 11.2.